The molecule has 160 valence electrons. The average molecular weight is 461 g/mol. The van der Waals surface area contributed by atoms with Crippen molar-refractivity contribution in [2.45, 2.75) is 10.1 Å². The second-order valence-electron chi connectivity index (χ2n) is 6.92. The zero-order chi connectivity index (χ0) is 21.6. The van der Waals surface area contributed by atoms with Crippen LogP contribution in [0.1, 0.15) is 0 Å². The van der Waals surface area contributed by atoms with Gasteiger partial charge < -0.3 is 9.72 Å². The van der Waals surface area contributed by atoms with Gasteiger partial charge in [0.05, 0.1) is 4.90 Å². The molecule has 12 nitrogen and oxygen atoms in total. The quantitative estimate of drug-likeness (QED) is 0.352. The van der Waals surface area contributed by atoms with E-state index in [0.29, 0.717) is 16.8 Å². The van der Waals surface area contributed by atoms with Crippen molar-refractivity contribution < 1.29 is 16.8 Å². The highest BCUT2D eigenvalue weighted by Gasteiger charge is 2.36. The van der Waals surface area contributed by atoms with E-state index in [1.807, 2.05) is 10.3 Å². The first kappa shape index (κ1) is 19.7. The lowest BCUT2D eigenvalue weighted by Crippen LogP contribution is -2.55. The SMILES string of the molecule is O=S(=O)(NS(=O)(=O)C1CNC1)c1cccc(-c2cccn3ccnc23)c1-c1nnn[nH]1. The second-order valence-corrected chi connectivity index (χ2v) is 10.8. The zero-order valence-electron chi connectivity index (χ0n) is 15.8. The van der Waals surface area contributed by atoms with Gasteiger partial charge >= 0.3 is 0 Å². The van der Waals surface area contributed by atoms with Crippen molar-refractivity contribution in [1.82, 2.24) is 39.5 Å². The Balaban J connectivity index is 1.72. The minimum atomic E-state index is -4.47. The molecule has 0 amide bonds. The van der Waals surface area contributed by atoms with Gasteiger partial charge in [-0.05, 0) is 34.2 Å². The summed E-state index contributed by atoms with van der Waals surface area (Å²) in [7, 11) is -8.57. The number of fused-ring (bicyclic) bond motifs is 1. The maximum atomic E-state index is 13.2. The predicted molar refractivity (Wildman–Crippen MR) is 110 cm³/mol. The Morgan fingerprint density at radius 2 is 1.84 bits per heavy atom. The molecule has 31 heavy (non-hydrogen) atoms. The average Bonchev–Trinajstić information content (AvgIpc) is 3.36. The molecule has 5 rings (SSSR count). The largest absolute Gasteiger partial charge is 0.314 e. The van der Waals surface area contributed by atoms with Crippen LogP contribution in [0.15, 0.2) is 53.8 Å². The summed E-state index contributed by atoms with van der Waals surface area (Å²) < 4.78 is 55.0. The van der Waals surface area contributed by atoms with Crippen LogP contribution in [-0.4, -0.2) is 65.2 Å². The van der Waals surface area contributed by atoms with Crippen molar-refractivity contribution in [3.63, 3.8) is 0 Å². The first-order valence-electron chi connectivity index (χ1n) is 9.14. The molecule has 4 aromatic rings. The van der Waals surface area contributed by atoms with Gasteiger partial charge in [0.1, 0.15) is 10.9 Å². The van der Waals surface area contributed by atoms with E-state index in [9.17, 15) is 16.8 Å². The van der Waals surface area contributed by atoms with Gasteiger partial charge in [-0.2, -0.15) is 0 Å². The molecule has 0 spiro atoms. The molecule has 0 aliphatic carbocycles. The van der Waals surface area contributed by atoms with E-state index in [1.54, 1.807) is 35.0 Å². The molecule has 3 aromatic heterocycles. The third-order valence-electron chi connectivity index (χ3n) is 5.02. The van der Waals surface area contributed by atoms with E-state index in [-0.39, 0.29) is 29.4 Å². The van der Waals surface area contributed by atoms with Crippen LogP contribution < -0.4 is 9.44 Å². The molecule has 0 atom stereocenters. The van der Waals surface area contributed by atoms with Crippen molar-refractivity contribution in [3.05, 3.63) is 48.9 Å². The maximum absolute atomic E-state index is 13.2. The fraction of sp³-hybridized carbons (Fsp3) is 0.176. The summed E-state index contributed by atoms with van der Waals surface area (Å²) in [6, 6.07) is 8.11. The first-order valence-corrected chi connectivity index (χ1v) is 12.2. The van der Waals surface area contributed by atoms with Crippen molar-refractivity contribution in [2.75, 3.05) is 13.1 Å². The van der Waals surface area contributed by atoms with Gasteiger partial charge in [0.15, 0.2) is 5.82 Å². The first-order chi connectivity index (χ1) is 14.9. The van der Waals surface area contributed by atoms with Crippen LogP contribution in [0.2, 0.25) is 0 Å². The summed E-state index contributed by atoms with van der Waals surface area (Å²) in [5.41, 5.74) is 1.83. The molecule has 3 N–H and O–H groups in total. The van der Waals surface area contributed by atoms with Crippen molar-refractivity contribution in [1.29, 1.82) is 0 Å². The lowest BCUT2D eigenvalue weighted by Gasteiger charge is -2.26. The molecule has 0 bridgehead atoms. The molecule has 0 saturated carbocycles. The van der Waals surface area contributed by atoms with Crippen LogP contribution in [0.25, 0.3) is 28.2 Å². The van der Waals surface area contributed by atoms with Crippen molar-refractivity contribution >= 4 is 25.7 Å². The molecule has 1 saturated heterocycles. The van der Waals surface area contributed by atoms with E-state index in [1.165, 1.54) is 12.1 Å². The third kappa shape index (κ3) is 3.38. The van der Waals surface area contributed by atoms with E-state index < -0.39 is 25.3 Å². The predicted octanol–water partition coefficient (Wildman–Crippen LogP) is -0.239. The molecule has 14 heteroatoms. The Morgan fingerprint density at radius 3 is 2.55 bits per heavy atom. The van der Waals surface area contributed by atoms with E-state index >= 15 is 0 Å². The maximum Gasteiger partial charge on any atom is 0.254 e. The van der Waals surface area contributed by atoms with Gasteiger partial charge in [0.2, 0.25) is 10.0 Å². The standard InChI is InChI=1S/C17H16N8O4S2/c26-30(27,11-9-18-10-11)24-31(28,29)14-5-1-3-12(15(14)16-20-22-23-21-16)13-4-2-7-25-8-6-19-17(13)25/h1-8,11,18,24H,9-10H2,(H,20,21,22,23). The van der Waals surface area contributed by atoms with E-state index in [4.69, 9.17) is 0 Å². The Hall–Kier alpha value is -3.20. The molecular weight excluding hydrogens is 444 g/mol. The number of pyridine rings is 1. The highest BCUT2D eigenvalue weighted by molar-refractivity contribution is 8.05. The second kappa shape index (κ2) is 7.19. The van der Waals surface area contributed by atoms with Gasteiger partial charge in [0, 0.05) is 42.8 Å². The lowest BCUT2D eigenvalue weighted by atomic mass is 10.00. The Morgan fingerprint density at radius 1 is 1.03 bits per heavy atom. The molecular formula is C17H16N8O4S2. The number of hydrogen-bond donors (Lipinski definition) is 3. The summed E-state index contributed by atoms with van der Waals surface area (Å²) in [5, 5.41) is 15.6. The Bertz CT molecular complexity index is 1480. The van der Waals surface area contributed by atoms with Crippen LogP contribution in [0, 0.1) is 0 Å². The van der Waals surface area contributed by atoms with Gasteiger partial charge in [0.25, 0.3) is 10.0 Å². The number of hydrogen-bond acceptors (Lipinski definition) is 9. The molecule has 0 unspecified atom stereocenters. The third-order valence-corrected chi connectivity index (χ3v) is 8.95. The molecule has 0 radical (unpaired) electrons. The molecule has 1 aliphatic heterocycles. The Kier molecular flexibility index (Phi) is 4.58. The van der Waals surface area contributed by atoms with Crippen LogP contribution in [0.3, 0.4) is 0 Å². The van der Waals surface area contributed by atoms with Gasteiger partial charge in [-0.15, -0.1) is 9.23 Å². The van der Waals surface area contributed by atoms with Crippen LogP contribution >= 0.6 is 0 Å². The van der Waals surface area contributed by atoms with E-state index in [2.05, 4.69) is 30.9 Å². The van der Waals surface area contributed by atoms with Crippen LogP contribution in [0.5, 0.6) is 0 Å². The number of aromatic amines is 1. The topological polar surface area (TPSA) is 164 Å². The number of aromatic nitrogens is 6. The lowest BCUT2D eigenvalue weighted by molar-refractivity contribution is 0.492. The smallest absolute Gasteiger partial charge is 0.254 e. The number of sulfonamides is 2. The zero-order valence-corrected chi connectivity index (χ0v) is 17.4. The highest BCUT2D eigenvalue weighted by Crippen LogP contribution is 2.36. The van der Waals surface area contributed by atoms with Gasteiger partial charge in [-0.25, -0.2) is 26.9 Å². The summed E-state index contributed by atoms with van der Waals surface area (Å²) in [6.07, 6.45) is 5.19. The van der Waals surface area contributed by atoms with Gasteiger partial charge in [-0.3, -0.25) is 0 Å². The number of imidazole rings is 1. The van der Waals surface area contributed by atoms with Crippen LogP contribution in [-0.2, 0) is 20.0 Å². The minimum Gasteiger partial charge on any atom is -0.314 e. The summed E-state index contributed by atoms with van der Waals surface area (Å²) in [5.74, 6) is 0.0762. The Labute approximate surface area is 176 Å². The van der Waals surface area contributed by atoms with Crippen molar-refractivity contribution in [2.24, 2.45) is 0 Å². The van der Waals surface area contributed by atoms with Crippen molar-refractivity contribution in [3.8, 4) is 22.5 Å². The van der Waals surface area contributed by atoms with Gasteiger partial charge in [-0.1, -0.05) is 12.1 Å². The number of rotatable bonds is 6. The monoisotopic (exact) mass is 460 g/mol. The summed E-state index contributed by atoms with van der Waals surface area (Å²) >= 11 is 0. The highest BCUT2D eigenvalue weighted by atomic mass is 32.3. The number of nitrogens with zero attached hydrogens (tertiary/aromatic N) is 5. The fourth-order valence-electron chi connectivity index (χ4n) is 3.39. The molecule has 1 fully saturated rings. The number of nitrogens with one attached hydrogen (secondary N) is 3. The summed E-state index contributed by atoms with van der Waals surface area (Å²) in [4.78, 5) is 4.07. The van der Waals surface area contributed by atoms with E-state index in [0.717, 1.165) is 0 Å². The van der Waals surface area contributed by atoms with Crippen LogP contribution in [0.4, 0.5) is 0 Å². The number of H-pyrrole nitrogens is 1. The normalized spacial score (nSPS) is 15.2. The number of benzene rings is 1. The molecule has 1 aliphatic rings. The minimum absolute atomic E-state index is 0.0762. The number of tetrazole rings is 1. The molecule has 1 aromatic carbocycles. The fourth-order valence-corrected chi connectivity index (χ4v) is 6.93. The molecule has 4 heterocycles. The summed E-state index contributed by atoms with van der Waals surface area (Å²) in [6.45, 7) is 0.372.